The first-order valence-corrected chi connectivity index (χ1v) is 12.0. The van der Waals surface area contributed by atoms with E-state index in [0.717, 1.165) is 64.6 Å². The predicted molar refractivity (Wildman–Crippen MR) is 138 cm³/mol. The van der Waals surface area contributed by atoms with Gasteiger partial charge in [0.2, 0.25) is 0 Å². The first kappa shape index (κ1) is 24.8. The number of hydrogen-bond acceptors (Lipinski definition) is 3. The molecule has 0 aromatic heterocycles. The minimum atomic E-state index is 0. The summed E-state index contributed by atoms with van der Waals surface area (Å²) in [6.45, 7) is 9.87. The molecule has 6 heteroatoms. The Kier molecular flexibility index (Phi) is 9.47. The number of halogens is 1. The van der Waals surface area contributed by atoms with E-state index in [2.05, 4.69) is 48.3 Å². The van der Waals surface area contributed by atoms with Crippen LogP contribution < -0.4 is 5.32 Å². The molecule has 2 saturated heterocycles. The molecule has 0 radical (unpaired) electrons. The molecule has 1 saturated carbocycles. The second-order valence-electron chi connectivity index (χ2n) is 9.27. The fraction of sp³-hybridized carbons (Fsp3) is 0.720. The number of aliphatic imine (C=N–C) groups is 1. The Hall–Kier alpha value is -0.860. The first-order chi connectivity index (χ1) is 14.7. The minimum absolute atomic E-state index is 0. The summed E-state index contributed by atoms with van der Waals surface area (Å²) in [5, 5.41) is 3.53. The summed E-state index contributed by atoms with van der Waals surface area (Å²) in [4.78, 5) is 7.53. The van der Waals surface area contributed by atoms with Crippen molar-refractivity contribution < 1.29 is 9.47 Å². The highest BCUT2D eigenvalue weighted by Crippen LogP contribution is 2.49. The van der Waals surface area contributed by atoms with Gasteiger partial charge in [-0.1, -0.05) is 24.3 Å². The van der Waals surface area contributed by atoms with Gasteiger partial charge in [-0.15, -0.1) is 24.0 Å². The van der Waals surface area contributed by atoms with Crippen LogP contribution in [-0.4, -0.2) is 62.5 Å². The zero-order chi connectivity index (χ0) is 20.8. The highest BCUT2D eigenvalue weighted by molar-refractivity contribution is 14.0. The van der Waals surface area contributed by atoms with E-state index in [1.807, 2.05) is 0 Å². The molecule has 0 amide bonds. The van der Waals surface area contributed by atoms with Crippen LogP contribution in [0.1, 0.15) is 63.0 Å². The van der Waals surface area contributed by atoms with Crippen LogP contribution in [0.4, 0.5) is 0 Å². The zero-order valence-corrected chi connectivity index (χ0v) is 21.6. The van der Waals surface area contributed by atoms with E-state index in [4.69, 9.17) is 14.5 Å². The largest absolute Gasteiger partial charge is 0.376 e. The van der Waals surface area contributed by atoms with Gasteiger partial charge in [0.25, 0.3) is 0 Å². The maximum Gasteiger partial charge on any atom is 0.193 e. The topological polar surface area (TPSA) is 46.1 Å². The number of aryl methyl sites for hydroxylation is 1. The highest BCUT2D eigenvalue weighted by atomic mass is 127. The van der Waals surface area contributed by atoms with Gasteiger partial charge in [0, 0.05) is 31.7 Å². The molecule has 1 aliphatic carbocycles. The number of rotatable bonds is 7. The minimum Gasteiger partial charge on any atom is -0.376 e. The van der Waals surface area contributed by atoms with Crippen LogP contribution in [-0.2, 0) is 14.9 Å². The maximum absolute atomic E-state index is 6.19. The quantitative estimate of drug-likeness (QED) is 0.310. The SMILES string of the molecule is CCNC(=NCC1(c2ccccc2C)CC1)N1CCC(OCC2CCCCO2)CC1.I. The van der Waals surface area contributed by atoms with Gasteiger partial charge in [-0.3, -0.25) is 4.99 Å². The van der Waals surface area contributed by atoms with E-state index in [9.17, 15) is 0 Å². The lowest BCUT2D eigenvalue weighted by Gasteiger charge is -2.35. The summed E-state index contributed by atoms with van der Waals surface area (Å²) >= 11 is 0. The van der Waals surface area contributed by atoms with Gasteiger partial charge in [-0.25, -0.2) is 0 Å². The molecule has 1 unspecified atom stereocenters. The van der Waals surface area contributed by atoms with Crippen molar-refractivity contribution in [1.82, 2.24) is 10.2 Å². The van der Waals surface area contributed by atoms with Crippen molar-refractivity contribution in [1.29, 1.82) is 0 Å². The van der Waals surface area contributed by atoms with Crippen molar-refractivity contribution in [2.45, 2.75) is 76.4 Å². The monoisotopic (exact) mass is 541 g/mol. The molecule has 174 valence electrons. The Bertz CT molecular complexity index is 708. The Morgan fingerprint density at radius 2 is 1.97 bits per heavy atom. The smallest absolute Gasteiger partial charge is 0.193 e. The summed E-state index contributed by atoms with van der Waals surface area (Å²) in [7, 11) is 0. The van der Waals surface area contributed by atoms with Crippen molar-refractivity contribution in [2.75, 3.05) is 39.4 Å². The zero-order valence-electron chi connectivity index (χ0n) is 19.3. The Morgan fingerprint density at radius 3 is 2.61 bits per heavy atom. The Morgan fingerprint density at radius 1 is 1.19 bits per heavy atom. The summed E-state index contributed by atoms with van der Waals surface area (Å²) in [5.74, 6) is 1.08. The third-order valence-corrected chi connectivity index (χ3v) is 6.97. The molecule has 3 aliphatic rings. The Balaban J connectivity index is 0.00000272. The second kappa shape index (κ2) is 11.8. The van der Waals surface area contributed by atoms with Gasteiger partial charge < -0.3 is 19.7 Å². The van der Waals surface area contributed by atoms with Gasteiger partial charge in [-0.05, 0) is 69.9 Å². The van der Waals surface area contributed by atoms with E-state index >= 15 is 0 Å². The average molecular weight is 542 g/mol. The highest BCUT2D eigenvalue weighted by Gasteiger charge is 2.45. The van der Waals surface area contributed by atoms with Gasteiger partial charge in [0.05, 0.1) is 25.4 Å². The number of benzene rings is 1. The summed E-state index contributed by atoms with van der Waals surface area (Å²) in [5.41, 5.74) is 3.14. The van der Waals surface area contributed by atoms with Crippen molar-refractivity contribution in [3.8, 4) is 0 Å². The average Bonchev–Trinajstić information content (AvgIpc) is 3.57. The molecule has 5 nitrogen and oxygen atoms in total. The molecule has 4 rings (SSSR count). The van der Waals surface area contributed by atoms with E-state index in [1.165, 1.54) is 36.8 Å². The van der Waals surface area contributed by atoms with Crippen LogP contribution in [0, 0.1) is 6.92 Å². The summed E-state index contributed by atoms with van der Waals surface area (Å²) < 4.78 is 12.0. The molecular weight excluding hydrogens is 501 g/mol. The molecular formula is C25H40IN3O2. The lowest BCUT2D eigenvalue weighted by atomic mass is 9.92. The number of hydrogen-bond donors (Lipinski definition) is 1. The lowest BCUT2D eigenvalue weighted by molar-refractivity contribution is -0.0721. The van der Waals surface area contributed by atoms with Gasteiger partial charge in [-0.2, -0.15) is 0 Å². The molecule has 2 aliphatic heterocycles. The van der Waals surface area contributed by atoms with Crippen molar-refractivity contribution in [3.05, 3.63) is 35.4 Å². The van der Waals surface area contributed by atoms with Crippen molar-refractivity contribution >= 4 is 29.9 Å². The van der Waals surface area contributed by atoms with E-state index < -0.39 is 0 Å². The molecule has 0 spiro atoms. The van der Waals surface area contributed by atoms with Crippen LogP contribution in [0.2, 0.25) is 0 Å². The van der Waals surface area contributed by atoms with Gasteiger partial charge in [0.15, 0.2) is 5.96 Å². The van der Waals surface area contributed by atoms with Crippen molar-refractivity contribution in [2.24, 2.45) is 4.99 Å². The number of guanidine groups is 1. The van der Waals surface area contributed by atoms with E-state index in [-0.39, 0.29) is 29.4 Å². The van der Waals surface area contributed by atoms with Crippen LogP contribution in [0.25, 0.3) is 0 Å². The first-order valence-electron chi connectivity index (χ1n) is 12.0. The van der Waals surface area contributed by atoms with Gasteiger partial charge >= 0.3 is 0 Å². The van der Waals surface area contributed by atoms with Crippen molar-refractivity contribution in [3.63, 3.8) is 0 Å². The molecule has 1 aromatic carbocycles. The van der Waals surface area contributed by atoms with Crippen LogP contribution >= 0.6 is 24.0 Å². The Labute approximate surface area is 205 Å². The standard InChI is InChI=1S/C25H39N3O2.HI/c1-3-26-24(27-19-25(13-14-25)23-10-5-4-8-20(23)2)28-15-11-21(12-16-28)30-18-22-9-6-7-17-29-22;/h4-5,8,10,21-22H,3,6-7,9,11-19H2,1-2H3,(H,26,27);1H. The lowest BCUT2D eigenvalue weighted by Crippen LogP contribution is -2.47. The number of nitrogens with one attached hydrogen (secondary N) is 1. The molecule has 0 bridgehead atoms. The second-order valence-corrected chi connectivity index (χ2v) is 9.27. The predicted octanol–water partition coefficient (Wildman–Crippen LogP) is 4.66. The number of likely N-dealkylation sites (tertiary alicyclic amines) is 1. The molecule has 1 atom stereocenters. The number of nitrogens with zero attached hydrogens (tertiary/aromatic N) is 2. The van der Waals surface area contributed by atoms with E-state index in [1.54, 1.807) is 0 Å². The molecule has 2 heterocycles. The van der Waals surface area contributed by atoms with Crippen LogP contribution in [0.5, 0.6) is 0 Å². The molecule has 1 aromatic rings. The van der Waals surface area contributed by atoms with Crippen LogP contribution in [0.15, 0.2) is 29.3 Å². The third kappa shape index (κ3) is 6.57. The van der Waals surface area contributed by atoms with E-state index in [0.29, 0.717) is 12.2 Å². The summed E-state index contributed by atoms with van der Waals surface area (Å²) in [6, 6.07) is 8.83. The number of piperidine rings is 1. The maximum atomic E-state index is 6.19. The summed E-state index contributed by atoms with van der Waals surface area (Å²) in [6.07, 6.45) is 8.94. The fourth-order valence-electron chi connectivity index (χ4n) is 4.90. The third-order valence-electron chi connectivity index (χ3n) is 6.97. The molecule has 31 heavy (non-hydrogen) atoms. The number of ether oxygens (including phenoxy) is 2. The molecule has 3 fully saturated rings. The van der Waals surface area contributed by atoms with Crippen LogP contribution in [0.3, 0.4) is 0 Å². The molecule has 1 N–H and O–H groups in total. The normalized spacial score (nSPS) is 23.9. The fourth-order valence-corrected chi connectivity index (χ4v) is 4.90. The van der Waals surface area contributed by atoms with Gasteiger partial charge in [0.1, 0.15) is 0 Å².